The summed E-state index contributed by atoms with van der Waals surface area (Å²) in [6.07, 6.45) is 2.78. The van der Waals surface area contributed by atoms with Gasteiger partial charge in [0.05, 0.1) is 6.10 Å². The number of amides is 1. The van der Waals surface area contributed by atoms with Crippen molar-refractivity contribution < 1.29 is 9.90 Å². The van der Waals surface area contributed by atoms with E-state index >= 15 is 0 Å². The number of aromatic nitrogens is 1. The molecule has 27 heavy (non-hydrogen) atoms. The molecule has 0 spiro atoms. The normalized spacial score (nSPS) is 16.3. The lowest BCUT2D eigenvalue weighted by Gasteiger charge is -2.34. The van der Waals surface area contributed by atoms with Crippen LogP contribution in [0.2, 0.25) is 0 Å². The number of pyridine rings is 1. The van der Waals surface area contributed by atoms with Crippen molar-refractivity contribution in [2.45, 2.75) is 45.6 Å². The highest BCUT2D eigenvalue weighted by Gasteiger charge is 2.29. The molecule has 1 amide bonds. The molecule has 144 valence electrons. The van der Waals surface area contributed by atoms with Crippen LogP contribution in [0.4, 0.5) is 0 Å². The van der Waals surface area contributed by atoms with Crippen LogP contribution in [0.3, 0.4) is 0 Å². The summed E-state index contributed by atoms with van der Waals surface area (Å²) in [4.78, 5) is 29.4. The van der Waals surface area contributed by atoms with Crippen molar-refractivity contribution in [3.8, 4) is 0 Å². The quantitative estimate of drug-likeness (QED) is 0.852. The van der Waals surface area contributed by atoms with Crippen LogP contribution in [0.25, 0.3) is 0 Å². The number of rotatable bonds is 5. The molecule has 1 atom stereocenters. The van der Waals surface area contributed by atoms with E-state index in [0.29, 0.717) is 18.7 Å². The van der Waals surface area contributed by atoms with E-state index in [0.717, 1.165) is 31.4 Å². The highest BCUT2D eigenvalue weighted by molar-refractivity contribution is 5.95. The first kappa shape index (κ1) is 19.4. The molecule has 0 saturated carbocycles. The number of carbonyl (C=O) groups is 1. The van der Waals surface area contributed by atoms with Gasteiger partial charge in [-0.25, -0.2) is 0 Å². The molecular formula is C22H28N2O3. The Morgan fingerprint density at radius 3 is 2.52 bits per heavy atom. The molecule has 2 N–H and O–H groups in total. The summed E-state index contributed by atoms with van der Waals surface area (Å²) in [6.45, 7) is 4.78. The maximum Gasteiger partial charge on any atom is 0.261 e. The Balaban J connectivity index is 1.55. The number of hydrogen-bond donors (Lipinski definition) is 2. The summed E-state index contributed by atoms with van der Waals surface area (Å²) in [7, 11) is 0. The summed E-state index contributed by atoms with van der Waals surface area (Å²) < 4.78 is 0. The van der Waals surface area contributed by atoms with E-state index in [1.54, 1.807) is 11.8 Å². The maximum absolute atomic E-state index is 12.8. The van der Waals surface area contributed by atoms with Crippen LogP contribution in [0.15, 0.2) is 41.2 Å². The lowest BCUT2D eigenvalue weighted by molar-refractivity contribution is 0.0435. The predicted molar refractivity (Wildman–Crippen MR) is 106 cm³/mol. The molecular weight excluding hydrogens is 340 g/mol. The van der Waals surface area contributed by atoms with Gasteiger partial charge in [0.1, 0.15) is 5.56 Å². The zero-order valence-corrected chi connectivity index (χ0v) is 16.1. The Morgan fingerprint density at radius 1 is 1.22 bits per heavy atom. The van der Waals surface area contributed by atoms with Gasteiger partial charge >= 0.3 is 0 Å². The van der Waals surface area contributed by atoms with Gasteiger partial charge in [-0.2, -0.15) is 0 Å². The molecule has 1 aromatic carbocycles. The summed E-state index contributed by atoms with van der Waals surface area (Å²) in [5.41, 5.74) is 2.63. The van der Waals surface area contributed by atoms with E-state index in [1.165, 1.54) is 5.56 Å². The number of aryl methyl sites for hydroxylation is 3. The van der Waals surface area contributed by atoms with Crippen LogP contribution in [0.1, 0.15) is 46.4 Å². The average molecular weight is 368 g/mol. The zero-order valence-electron chi connectivity index (χ0n) is 16.1. The van der Waals surface area contributed by atoms with E-state index in [4.69, 9.17) is 0 Å². The van der Waals surface area contributed by atoms with Gasteiger partial charge in [0.25, 0.3) is 11.5 Å². The molecule has 1 aliphatic rings. The van der Waals surface area contributed by atoms with E-state index in [1.807, 2.05) is 31.2 Å². The molecule has 1 aromatic heterocycles. The second-order valence-electron chi connectivity index (χ2n) is 7.56. The van der Waals surface area contributed by atoms with E-state index in [2.05, 4.69) is 17.1 Å². The smallest absolute Gasteiger partial charge is 0.261 e. The number of nitrogens with zero attached hydrogens (tertiary/aromatic N) is 1. The standard InChI is InChI=1S/C22H28N2O3/c1-15-14-16(2)23-21(26)20(15)22(27)24-12-10-18(11-13-24)19(25)9-8-17-6-4-3-5-7-17/h3-7,14,18-19,25H,8-13H2,1-2H3,(H,23,26). The van der Waals surface area contributed by atoms with Gasteiger partial charge in [0.15, 0.2) is 0 Å². The fraction of sp³-hybridized carbons (Fsp3) is 0.455. The van der Waals surface area contributed by atoms with Crippen molar-refractivity contribution >= 4 is 5.91 Å². The maximum atomic E-state index is 12.8. The second kappa shape index (κ2) is 8.53. The van der Waals surface area contributed by atoms with Crippen LogP contribution in [0.5, 0.6) is 0 Å². The molecule has 1 unspecified atom stereocenters. The van der Waals surface area contributed by atoms with Gasteiger partial charge in [-0.15, -0.1) is 0 Å². The SMILES string of the molecule is Cc1cc(C)c(C(=O)N2CCC(C(O)CCc3ccccc3)CC2)c(=O)[nH]1. The first-order chi connectivity index (χ1) is 13.0. The Hall–Kier alpha value is -2.40. The number of aliphatic hydroxyl groups excluding tert-OH is 1. The van der Waals surface area contributed by atoms with Crippen molar-refractivity contribution in [3.63, 3.8) is 0 Å². The lowest BCUT2D eigenvalue weighted by atomic mass is 9.88. The Kier molecular flexibility index (Phi) is 6.11. The molecule has 1 saturated heterocycles. The number of H-pyrrole nitrogens is 1. The second-order valence-corrected chi connectivity index (χ2v) is 7.56. The van der Waals surface area contributed by atoms with Crippen molar-refractivity contribution in [1.29, 1.82) is 0 Å². The number of nitrogens with one attached hydrogen (secondary N) is 1. The highest BCUT2D eigenvalue weighted by atomic mass is 16.3. The van der Waals surface area contributed by atoms with Gasteiger partial charge in [0.2, 0.25) is 0 Å². The molecule has 2 heterocycles. The lowest BCUT2D eigenvalue weighted by Crippen LogP contribution is -2.43. The van der Waals surface area contributed by atoms with Crippen LogP contribution >= 0.6 is 0 Å². The number of piperidine rings is 1. The van der Waals surface area contributed by atoms with Crippen LogP contribution in [0, 0.1) is 19.8 Å². The van der Waals surface area contributed by atoms with E-state index < -0.39 is 0 Å². The van der Waals surface area contributed by atoms with Crippen LogP contribution in [-0.2, 0) is 6.42 Å². The Morgan fingerprint density at radius 2 is 1.89 bits per heavy atom. The van der Waals surface area contributed by atoms with Crippen molar-refractivity contribution in [2.24, 2.45) is 5.92 Å². The minimum Gasteiger partial charge on any atom is -0.393 e. The van der Waals surface area contributed by atoms with Gasteiger partial charge in [0, 0.05) is 18.8 Å². The van der Waals surface area contributed by atoms with Crippen LogP contribution < -0.4 is 5.56 Å². The Labute approximate surface area is 160 Å². The topological polar surface area (TPSA) is 73.4 Å². The molecule has 2 aromatic rings. The molecule has 0 aliphatic carbocycles. The first-order valence-corrected chi connectivity index (χ1v) is 9.67. The monoisotopic (exact) mass is 368 g/mol. The summed E-state index contributed by atoms with van der Waals surface area (Å²) in [5.74, 6) is 0.00105. The van der Waals surface area contributed by atoms with E-state index in [9.17, 15) is 14.7 Å². The van der Waals surface area contributed by atoms with Crippen molar-refractivity contribution in [3.05, 3.63) is 69.1 Å². The van der Waals surface area contributed by atoms with Gasteiger partial charge in [-0.3, -0.25) is 9.59 Å². The largest absolute Gasteiger partial charge is 0.393 e. The third kappa shape index (κ3) is 4.66. The Bertz CT molecular complexity index is 836. The number of hydrogen-bond acceptors (Lipinski definition) is 3. The predicted octanol–water partition coefficient (Wildman–Crippen LogP) is 2.84. The fourth-order valence-corrected chi connectivity index (χ4v) is 3.96. The average Bonchev–Trinajstić information content (AvgIpc) is 2.66. The molecule has 5 heteroatoms. The van der Waals surface area contributed by atoms with Crippen molar-refractivity contribution in [2.75, 3.05) is 13.1 Å². The van der Waals surface area contributed by atoms with Crippen molar-refractivity contribution in [1.82, 2.24) is 9.88 Å². The van der Waals surface area contributed by atoms with Gasteiger partial charge < -0.3 is 15.0 Å². The molecule has 1 aliphatic heterocycles. The number of aromatic amines is 1. The fourth-order valence-electron chi connectivity index (χ4n) is 3.96. The first-order valence-electron chi connectivity index (χ1n) is 9.67. The number of aliphatic hydroxyl groups is 1. The van der Waals surface area contributed by atoms with Gasteiger partial charge in [-0.05, 0) is 62.6 Å². The minimum atomic E-state index is -0.355. The summed E-state index contributed by atoms with van der Waals surface area (Å²) in [6, 6.07) is 12.0. The number of likely N-dealkylation sites (tertiary alicyclic amines) is 1. The highest BCUT2D eigenvalue weighted by Crippen LogP contribution is 2.24. The molecule has 5 nitrogen and oxygen atoms in total. The van der Waals surface area contributed by atoms with E-state index in [-0.39, 0.29) is 29.1 Å². The third-order valence-corrected chi connectivity index (χ3v) is 5.52. The molecule has 1 fully saturated rings. The van der Waals surface area contributed by atoms with Crippen LogP contribution in [-0.4, -0.2) is 40.1 Å². The third-order valence-electron chi connectivity index (χ3n) is 5.52. The molecule has 0 radical (unpaired) electrons. The number of carbonyl (C=O) groups excluding carboxylic acids is 1. The minimum absolute atomic E-state index is 0.203. The summed E-state index contributed by atoms with van der Waals surface area (Å²) in [5, 5.41) is 10.5. The number of benzene rings is 1. The summed E-state index contributed by atoms with van der Waals surface area (Å²) >= 11 is 0. The zero-order chi connectivity index (χ0) is 19.4. The van der Waals surface area contributed by atoms with Gasteiger partial charge in [-0.1, -0.05) is 30.3 Å². The molecule has 3 rings (SSSR count). The molecule has 0 bridgehead atoms.